The standard InChI is InChI=1S/C9H17N5O/c1-3-7(10)9(15)11-5-8-13-12-6-14(8)4-2/h6-7H,3-5,10H2,1-2H3,(H,11,15)/t7-/m1/s1. The summed E-state index contributed by atoms with van der Waals surface area (Å²) in [5.74, 6) is 0.595. The SMILES string of the molecule is CC[C@@H](N)C(=O)NCc1nncn1CC. The zero-order valence-electron chi connectivity index (χ0n) is 9.10. The second kappa shape index (κ2) is 5.45. The van der Waals surface area contributed by atoms with Gasteiger partial charge in [0.25, 0.3) is 0 Å². The van der Waals surface area contributed by atoms with Crippen LogP contribution in [0.5, 0.6) is 0 Å². The number of hydrogen-bond acceptors (Lipinski definition) is 4. The fraction of sp³-hybridized carbons (Fsp3) is 0.667. The van der Waals surface area contributed by atoms with Gasteiger partial charge < -0.3 is 15.6 Å². The van der Waals surface area contributed by atoms with E-state index in [4.69, 9.17) is 5.73 Å². The third-order valence-corrected chi connectivity index (χ3v) is 2.23. The lowest BCUT2D eigenvalue weighted by molar-refractivity contribution is -0.122. The quantitative estimate of drug-likeness (QED) is 0.697. The summed E-state index contributed by atoms with van der Waals surface area (Å²) in [6.45, 7) is 5.03. The molecule has 1 aromatic rings. The number of carbonyl (C=O) groups excluding carboxylic acids is 1. The van der Waals surface area contributed by atoms with E-state index in [9.17, 15) is 4.79 Å². The maximum Gasteiger partial charge on any atom is 0.237 e. The molecule has 84 valence electrons. The lowest BCUT2D eigenvalue weighted by atomic mass is 10.2. The predicted molar refractivity (Wildman–Crippen MR) is 55.8 cm³/mol. The van der Waals surface area contributed by atoms with Gasteiger partial charge in [0.2, 0.25) is 5.91 Å². The van der Waals surface area contributed by atoms with Crippen molar-refractivity contribution in [2.45, 2.75) is 39.4 Å². The molecule has 0 aliphatic carbocycles. The summed E-state index contributed by atoms with van der Waals surface area (Å²) in [5, 5.41) is 10.4. The number of amides is 1. The van der Waals surface area contributed by atoms with Crippen LogP contribution >= 0.6 is 0 Å². The third kappa shape index (κ3) is 3.02. The molecule has 1 atom stereocenters. The largest absolute Gasteiger partial charge is 0.347 e. The smallest absolute Gasteiger partial charge is 0.237 e. The Hall–Kier alpha value is -1.43. The molecule has 0 saturated heterocycles. The van der Waals surface area contributed by atoms with E-state index >= 15 is 0 Å². The van der Waals surface area contributed by atoms with Crippen molar-refractivity contribution in [3.05, 3.63) is 12.2 Å². The zero-order chi connectivity index (χ0) is 11.3. The van der Waals surface area contributed by atoms with E-state index in [-0.39, 0.29) is 5.91 Å². The monoisotopic (exact) mass is 211 g/mol. The van der Waals surface area contributed by atoms with Gasteiger partial charge in [-0.2, -0.15) is 0 Å². The molecular formula is C9H17N5O. The minimum atomic E-state index is -0.442. The van der Waals surface area contributed by atoms with Crippen LogP contribution in [0.3, 0.4) is 0 Å². The van der Waals surface area contributed by atoms with E-state index in [2.05, 4.69) is 15.5 Å². The van der Waals surface area contributed by atoms with Gasteiger partial charge in [-0.15, -0.1) is 10.2 Å². The van der Waals surface area contributed by atoms with Crippen molar-refractivity contribution < 1.29 is 4.79 Å². The molecule has 0 aliphatic rings. The summed E-state index contributed by atoms with van der Waals surface area (Å²) in [6.07, 6.45) is 2.27. The average molecular weight is 211 g/mol. The van der Waals surface area contributed by atoms with Gasteiger partial charge in [0.1, 0.15) is 6.33 Å². The van der Waals surface area contributed by atoms with Crippen LogP contribution in [0.4, 0.5) is 0 Å². The van der Waals surface area contributed by atoms with Crippen LogP contribution < -0.4 is 11.1 Å². The molecule has 1 rings (SSSR count). The summed E-state index contributed by atoms with van der Waals surface area (Å²) in [6, 6.07) is -0.442. The summed E-state index contributed by atoms with van der Waals surface area (Å²) >= 11 is 0. The molecule has 0 radical (unpaired) electrons. The number of hydrogen-bond donors (Lipinski definition) is 2. The van der Waals surface area contributed by atoms with Gasteiger partial charge in [-0.3, -0.25) is 4.79 Å². The van der Waals surface area contributed by atoms with E-state index in [1.165, 1.54) is 0 Å². The lowest BCUT2D eigenvalue weighted by Gasteiger charge is -2.09. The minimum Gasteiger partial charge on any atom is -0.347 e. The number of nitrogens with one attached hydrogen (secondary N) is 1. The molecule has 0 spiro atoms. The van der Waals surface area contributed by atoms with E-state index in [0.717, 1.165) is 12.4 Å². The van der Waals surface area contributed by atoms with Crippen LogP contribution in [0.15, 0.2) is 6.33 Å². The maximum atomic E-state index is 11.4. The molecule has 0 aromatic carbocycles. The molecule has 1 amide bonds. The highest BCUT2D eigenvalue weighted by Gasteiger charge is 2.11. The number of rotatable bonds is 5. The van der Waals surface area contributed by atoms with Crippen molar-refractivity contribution in [1.82, 2.24) is 20.1 Å². The Kier molecular flexibility index (Phi) is 4.23. The Morgan fingerprint density at radius 3 is 3.00 bits per heavy atom. The van der Waals surface area contributed by atoms with E-state index in [1.54, 1.807) is 6.33 Å². The molecular weight excluding hydrogens is 194 g/mol. The fourth-order valence-corrected chi connectivity index (χ4v) is 1.16. The van der Waals surface area contributed by atoms with Gasteiger partial charge in [-0.1, -0.05) is 6.92 Å². The molecule has 0 saturated carbocycles. The zero-order valence-corrected chi connectivity index (χ0v) is 9.10. The molecule has 6 heteroatoms. The minimum absolute atomic E-state index is 0.150. The topological polar surface area (TPSA) is 85.8 Å². The maximum absolute atomic E-state index is 11.4. The van der Waals surface area contributed by atoms with Crippen LogP contribution in [-0.4, -0.2) is 26.7 Å². The second-order valence-electron chi connectivity index (χ2n) is 3.27. The van der Waals surface area contributed by atoms with E-state index in [0.29, 0.717) is 13.0 Å². The summed E-state index contributed by atoms with van der Waals surface area (Å²) in [5.41, 5.74) is 5.57. The van der Waals surface area contributed by atoms with Crippen LogP contribution in [0.25, 0.3) is 0 Å². The first-order chi connectivity index (χ1) is 7.19. The van der Waals surface area contributed by atoms with Crippen LogP contribution in [-0.2, 0) is 17.9 Å². The van der Waals surface area contributed by atoms with Gasteiger partial charge in [0.05, 0.1) is 12.6 Å². The van der Waals surface area contributed by atoms with Gasteiger partial charge in [0, 0.05) is 6.54 Å². The summed E-state index contributed by atoms with van der Waals surface area (Å²) in [7, 11) is 0. The van der Waals surface area contributed by atoms with Crippen molar-refractivity contribution in [3.8, 4) is 0 Å². The Balaban J connectivity index is 2.47. The number of carbonyl (C=O) groups is 1. The van der Waals surface area contributed by atoms with Crippen molar-refractivity contribution in [2.24, 2.45) is 5.73 Å². The van der Waals surface area contributed by atoms with Gasteiger partial charge >= 0.3 is 0 Å². The first kappa shape index (κ1) is 11.6. The second-order valence-corrected chi connectivity index (χ2v) is 3.27. The number of nitrogens with zero attached hydrogens (tertiary/aromatic N) is 3. The molecule has 0 bridgehead atoms. The highest BCUT2D eigenvalue weighted by Crippen LogP contribution is 1.94. The molecule has 0 fully saturated rings. The normalized spacial score (nSPS) is 12.5. The van der Waals surface area contributed by atoms with Crippen molar-refractivity contribution in [1.29, 1.82) is 0 Å². The Morgan fingerprint density at radius 2 is 2.40 bits per heavy atom. The molecule has 6 nitrogen and oxygen atoms in total. The molecule has 3 N–H and O–H groups in total. The molecule has 15 heavy (non-hydrogen) atoms. The first-order valence-corrected chi connectivity index (χ1v) is 5.09. The van der Waals surface area contributed by atoms with Crippen molar-refractivity contribution in [3.63, 3.8) is 0 Å². The number of aromatic nitrogens is 3. The van der Waals surface area contributed by atoms with Crippen LogP contribution in [0, 0.1) is 0 Å². The highest BCUT2D eigenvalue weighted by atomic mass is 16.2. The van der Waals surface area contributed by atoms with Crippen LogP contribution in [0.2, 0.25) is 0 Å². The van der Waals surface area contributed by atoms with Gasteiger partial charge in [0.15, 0.2) is 5.82 Å². The van der Waals surface area contributed by atoms with Crippen LogP contribution in [0.1, 0.15) is 26.1 Å². The molecule has 1 aromatic heterocycles. The van der Waals surface area contributed by atoms with E-state index < -0.39 is 6.04 Å². The third-order valence-electron chi connectivity index (χ3n) is 2.23. The lowest BCUT2D eigenvalue weighted by Crippen LogP contribution is -2.40. The van der Waals surface area contributed by atoms with Gasteiger partial charge in [-0.25, -0.2) is 0 Å². The molecule has 0 unspecified atom stereocenters. The number of aryl methyl sites for hydroxylation is 1. The van der Waals surface area contributed by atoms with Crippen molar-refractivity contribution >= 4 is 5.91 Å². The summed E-state index contributed by atoms with van der Waals surface area (Å²) < 4.78 is 1.87. The summed E-state index contributed by atoms with van der Waals surface area (Å²) in [4.78, 5) is 11.4. The number of nitrogens with two attached hydrogens (primary N) is 1. The Bertz CT molecular complexity index is 322. The first-order valence-electron chi connectivity index (χ1n) is 5.09. The predicted octanol–water partition coefficient (Wildman–Crippen LogP) is -0.348. The Morgan fingerprint density at radius 1 is 1.67 bits per heavy atom. The average Bonchev–Trinajstić information content (AvgIpc) is 2.71. The molecule has 0 aliphatic heterocycles. The highest BCUT2D eigenvalue weighted by molar-refractivity contribution is 5.81. The Labute approximate surface area is 88.9 Å². The van der Waals surface area contributed by atoms with Gasteiger partial charge in [-0.05, 0) is 13.3 Å². The van der Waals surface area contributed by atoms with E-state index in [1.807, 2.05) is 18.4 Å². The molecule has 1 heterocycles. The van der Waals surface area contributed by atoms with Crippen molar-refractivity contribution in [2.75, 3.05) is 0 Å². The fourth-order valence-electron chi connectivity index (χ4n) is 1.16.